The third-order valence-corrected chi connectivity index (χ3v) is 4.31. The molecule has 0 nitrogen and oxygen atoms in total. The molecule has 0 fully saturated rings. The van der Waals surface area contributed by atoms with Gasteiger partial charge >= 0.3 is 41.9 Å². The van der Waals surface area contributed by atoms with Crippen molar-refractivity contribution in [3.05, 3.63) is 109 Å². The summed E-state index contributed by atoms with van der Waals surface area (Å²) in [6.07, 6.45) is 0. The van der Waals surface area contributed by atoms with Crippen LogP contribution >= 0.6 is 0 Å². The second-order valence-corrected chi connectivity index (χ2v) is 16.2. The first-order valence-corrected chi connectivity index (χ1v) is 15.7. The van der Waals surface area contributed by atoms with Crippen molar-refractivity contribution >= 4 is 27.0 Å². The average molecular weight is 527 g/mol. The number of hydrogen-bond acceptors (Lipinski definition) is 0. The molecule has 0 radical (unpaired) electrons. The van der Waals surface area contributed by atoms with Gasteiger partial charge in [0.1, 0.15) is 0 Å². The zero-order valence-corrected chi connectivity index (χ0v) is 22.1. The summed E-state index contributed by atoms with van der Waals surface area (Å²) in [7, 11) is 0. The zero-order chi connectivity index (χ0) is 19.8. The first-order chi connectivity index (χ1) is 13.6. The molecule has 0 bridgehead atoms. The number of halogens is 2. The largest absolute Gasteiger partial charge is 1.00 e. The SMILES string of the molecule is C[Si](C)=[Zr+2].[Cl-].[Cl-].c1ccc(-c2cccc3[cH-]ccc23)cc1.c1ccc2[cH-]ccc2c1. The van der Waals surface area contributed by atoms with Crippen LogP contribution in [0.15, 0.2) is 109 Å². The zero-order valence-electron chi connectivity index (χ0n) is 17.1. The Hall–Kier alpha value is -1.44. The van der Waals surface area contributed by atoms with Gasteiger partial charge in [-0.25, -0.2) is 0 Å². The van der Waals surface area contributed by atoms with Gasteiger partial charge in [0.2, 0.25) is 0 Å². The van der Waals surface area contributed by atoms with E-state index in [2.05, 4.69) is 122 Å². The molecule has 0 aliphatic heterocycles. The number of fused-ring (bicyclic) bond motifs is 2. The fourth-order valence-electron chi connectivity index (χ4n) is 3.10. The molecule has 4 heteroatoms. The van der Waals surface area contributed by atoms with Crippen molar-refractivity contribution in [2.24, 2.45) is 0 Å². The standard InChI is InChI=1S/C15H11.C9H7.C2H6Si.2ClH.Zr/c1-2-6-12(7-3-1)14-10-4-8-13-9-5-11-15(13)14;1-2-5-9-7-3-6-8(9)4-1;1-3-2;;;/h1-11H;1-7H;1-2H3;2*1H;/q2*-1;;;;+2/p-2. The summed E-state index contributed by atoms with van der Waals surface area (Å²) in [6, 6.07) is 38.1. The summed E-state index contributed by atoms with van der Waals surface area (Å²) >= 11 is 1.74. The molecule has 0 saturated carbocycles. The Kier molecular flexibility index (Phi) is 12.2. The number of benzene rings is 3. The fraction of sp³-hybridized carbons (Fsp3) is 0.0769. The summed E-state index contributed by atoms with van der Waals surface area (Å²) in [5, 5.41) is 5.31. The summed E-state index contributed by atoms with van der Waals surface area (Å²) in [5.74, 6) is 0. The molecule has 5 aromatic rings. The van der Waals surface area contributed by atoms with Gasteiger partial charge < -0.3 is 24.8 Å². The van der Waals surface area contributed by atoms with Crippen LogP contribution < -0.4 is 24.8 Å². The van der Waals surface area contributed by atoms with E-state index in [1.165, 1.54) is 32.7 Å². The fourth-order valence-corrected chi connectivity index (χ4v) is 3.10. The minimum Gasteiger partial charge on any atom is -1.00 e. The van der Waals surface area contributed by atoms with Crippen LogP contribution in [-0.4, -0.2) is 5.43 Å². The maximum atomic E-state index is 2.31. The minimum atomic E-state index is 0. The first kappa shape index (κ1) is 26.6. The molecule has 0 heterocycles. The monoisotopic (exact) mass is 524 g/mol. The smallest absolute Gasteiger partial charge is 0.0279 e. The van der Waals surface area contributed by atoms with Crippen LogP contribution in [0.3, 0.4) is 0 Å². The number of rotatable bonds is 1. The molecule has 5 aromatic carbocycles. The summed E-state index contributed by atoms with van der Waals surface area (Å²) < 4.78 is 0. The van der Waals surface area contributed by atoms with Gasteiger partial charge in [0.05, 0.1) is 0 Å². The maximum absolute atomic E-state index is 2.31. The van der Waals surface area contributed by atoms with Crippen LogP contribution in [-0.2, 0) is 23.3 Å². The van der Waals surface area contributed by atoms with Gasteiger partial charge in [-0.05, 0) is 5.56 Å². The molecule has 0 N–H and O–H groups in total. The summed E-state index contributed by atoms with van der Waals surface area (Å²) in [6.45, 7) is 4.62. The van der Waals surface area contributed by atoms with Crippen molar-refractivity contribution in [1.82, 2.24) is 0 Å². The van der Waals surface area contributed by atoms with Crippen molar-refractivity contribution in [3.63, 3.8) is 0 Å². The van der Waals surface area contributed by atoms with E-state index in [1.54, 1.807) is 23.3 Å². The van der Waals surface area contributed by atoms with E-state index < -0.39 is 0 Å². The molecule has 0 unspecified atom stereocenters. The van der Waals surface area contributed by atoms with Crippen LogP contribution in [0.5, 0.6) is 0 Å². The molecule has 5 rings (SSSR count). The predicted molar refractivity (Wildman–Crippen MR) is 122 cm³/mol. The van der Waals surface area contributed by atoms with Crippen LogP contribution in [0.25, 0.3) is 32.7 Å². The average Bonchev–Trinajstić information content (AvgIpc) is 3.37. The van der Waals surface area contributed by atoms with Gasteiger partial charge in [-0.1, -0.05) is 48.0 Å². The van der Waals surface area contributed by atoms with Crippen molar-refractivity contribution < 1.29 is 48.1 Å². The summed E-state index contributed by atoms with van der Waals surface area (Å²) in [5.41, 5.74) is 2.81. The molecule has 0 saturated heterocycles. The van der Waals surface area contributed by atoms with Gasteiger partial charge in [-0.3, -0.25) is 0 Å². The molecular formula is C26H24Cl2SiZr-2. The van der Waals surface area contributed by atoms with Crippen molar-refractivity contribution in [1.29, 1.82) is 0 Å². The van der Waals surface area contributed by atoms with Crippen LogP contribution in [0.4, 0.5) is 0 Å². The van der Waals surface area contributed by atoms with E-state index in [9.17, 15) is 0 Å². The molecule has 0 atom stereocenters. The van der Waals surface area contributed by atoms with Crippen LogP contribution in [0.1, 0.15) is 0 Å². The van der Waals surface area contributed by atoms with Crippen LogP contribution in [0.2, 0.25) is 13.1 Å². The van der Waals surface area contributed by atoms with E-state index in [0.29, 0.717) is 0 Å². The molecule has 0 aliphatic carbocycles. The topological polar surface area (TPSA) is 0 Å². The van der Waals surface area contributed by atoms with Crippen LogP contribution in [0, 0.1) is 0 Å². The van der Waals surface area contributed by atoms with Gasteiger partial charge in [-0.15, -0.1) is 58.6 Å². The molecule has 0 spiro atoms. The van der Waals surface area contributed by atoms with E-state index in [4.69, 9.17) is 0 Å². The molecule has 0 aromatic heterocycles. The van der Waals surface area contributed by atoms with Gasteiger partial charge in [0.25, 0.3) is 0 Å². The first-order valence-electron chi connectivity index (χ1n) is 9.47. The van der Waals surface area contributed by atoms with E-state index in [0.717, 1.165) is 0 Å². The Morgan fingerprint density at radius 3 is 1.90 bits per heavy atom. The van der Waals surface area contributed by atoms with E-state index in [-0.39, 0.29) is 30.2 Å². The Labute approximate surface area is 207 Å². The van der Waals surface area contributed by atoms with Crippen molar-refractivity contribution in [3.8, 4) is 11.1 Å². The Morgan fingerprint density at radius 2 is 1.20 bits per heavy atom. The third kappa shape index (κ3) is 7.67. The Bertz CT molecular complexity index is 1130. The normalized spacial score (nSPS) is 9.33. The summed E-state index contributed by atoms with van der Waals surface area (Å²) in [4.78, 5) is 0. The molecule has 0 aliphatic rings. The molecule has 0 amide bonds. The molecule has 30 heavy (non-hydrogen) atoms. The maximum Gasteiger partial charge on any atom is -0.0279 e. The van der Waals surface area contributed by atoms with Crippen molar-refractivity contribution in [2.75, 3.05) is 0 Å². The molecular weight excluding hydrogens is 503 g/mol. The van der Waals surface area contributed by atoms with Gasteiger partial charge in [0, 0.05) is 0 Å². The predicted octanol–water partition coefficient (Wildman–Crippen LogP) is 1.58. The van der Waals surface area contributed by atoms with Crippen molar-refractivity contribution in [2.45, 2.75) is 13.1 Å². The second-order valence-electron chi connectivity index (χ2n) is 6.85. The number of hydrogen-bond donors (Lipinski definition) is 0. The van der Waals surface area contributed by atoms with E-state index >= 15 is 0 Å². The minimum absolute atomic E-state index is 0. The molecule has 152 valence electrons. The Balaban J connectivity index is 0.000000259. The van der Waals surface area contributed by atoms with E-state index in [1.807, 2.05) is 0 Å². The van der Waals surface area contributed by atoms with Gasteiger partial charge in [0.15, 0.2) is 0 Å². The Morgan fingerprint density at radius 1 is 0.633 bits per heavy atom. The quantitative estimate of drug-likeness (QED) is 0.230. The third-order valence-electron chi connectivity index (χ3n) is 4.31. The second kappa shape index (κ2) is 13.8. The van der Waals surface area contributed by atoms with Gasteiger partial charge in [-0.2, -0.15) is 29.7 Å².